The quantitative estimate of drug-likeness (QED) is 0.0916. The maximum atomic E-state index is 12.1. The van der Waals surface area contributed by atoms with E-state index in [1.54, 1.807) is 12.1 Å². The summed E-state index contributed by atoms with van der Waals surface area (Å²) in [6.07, 6.45) is 15.8. The van der Waals surface area contributed by atoms with E-state index in [9.17, 15) is 25.9 Å². The monoisotopic (exact) mass is 840 g/mol. The van der Waals surface area contributed by atoms with Gasteiger partial charge in [-0.2, -0.15) is 27.0 Å². The second kappa shape index (κ2) is 16.1. The van der Waals surface area contributed by atoms with E-state index in [0.717, 1.165) is 146 Å². The summed E-state index contributed by atoms with van der Waals surface area (Å²) in [5.41, 5.74) is 12.2. The molecule has 0 aliphatic heterocycles. The summed E-state index contributed by atoms with van der Waals surface area (Å²) < 4.78 is 72.1. The first-order valence-electron chi connectivity index (χ1n) is 19.2. The third-order valence-corrected chi connectivity index (χ3v) is 15.6. The fraction of sp³-hybridized carbons (Fsp3) is 0.302. The van der Waals surface area contributed by atoms with Crippen LogP contribution < -0.4 is 0 Å². The van der Waals surface area contributed by atoms with Crippen molar-refractivity contribution in [3.63, 3.8) is 0 Å². The van der Waals surface area contributed by atoms with E-state index in [2.05, 4.69) is 86.7 Å². The third-order valence-electron chi connectivity index (χ3n) is 10.6. The topological polar surface area (TPSA) is 144 Å². The first-order valence-corrected chi connectivity index (χ1v) is 23.7. The molecule has 4 aromatic heterocycles. The molecule has 14 heteroatoms. The smallest absolute Gasteiger partial charge is 0.281 e. The van der Waals surface area contributed by atoms with E-state index in [1.807, 2.05) is 9.36 Å². The van der Waals surface area contributed by atoms with Crippen molar-refractivity contribution in [2.45, 2.75) is 93.1 Å². The SMILES string of the molecule is Cc1ccc(Cn2nc(/C=C/CCC/C=C/c3nn(Cc4ccc(C)cc4)c4c3CCCc3cc(S(=O)(=O)O)sc3-4)c3c2-c2sc(S(=O)(=O)O)cc2CCC3)cc1. The lowest BCUT2D eigenvalue weighted by atomic mass is 10.1. The highest BCUT2D eigenvalue weighted by Crippen LogP contribution is 2.43. The van der Waals surface area contributed by atoms with Crippen LogP contribution in [0.25, 0.3) is 33.3 Å². The lowest BCUT2D eigenvalue weighted by Crippen LogP contribution is -2.04. The largest absolute Gasteiger partial charge is 0.304 e. The Labute approximate surface area is 341 Å². The normalized spacial score (nSPS) is 14.4. The Balaban J connectivity index is 1.02. The molecule has 0 atom stereocenters. The van der Waals surface area contributed by atoms with Crippen molar-refractivity contribution in [2.24, 2.45) is 0 Å². The molecule has 0 saturated heterocycles. The van der Waals surface area contributed by atoms with Gasteiger partial charge in [0, 0.05) is 11.1 Å². The number of fused-ring (bicyclic) bond motifs is 6. The average molecular weight is 841 g/mol. The summed E-state index contributed by atoms with van der Waals surface area (Å²) in [6, 6.07) is 19.9. The Kier molecular flexibility index (Phi) is 11.1. The second-order valence-corrected chi connectivity index (χ2v) is 20.3. The standard InChI is InChI=1S/C43H44N4O6S4/c1-28-16-20-30(21-17-28)26-46-40-34(12-8-10-32-24-38(54-42(32)40)56(48,49)50)36(44-46)14-6-4-3-5-7-15-37-35-13-9-11-33-25-39(57(51,52)53)55-43(33)41(35)47(45-37)27-31-22-18-29(2)19-23-31/h6-7,14-25H,3-5,8-13,26-27H2,1-2H3,(H,48,49,50)(H,51,52,53)/b14-6+,15-7+. The van der Waals surface area contributed by atoms with Crippen LogP contribution in [0.5, 0.6) is 0 Å². The maximum Gasteiger partial charge on any atom is 0.304 e. The number of rotatable bonds is 12. The maximum absolute atomic E-state index is 12.1. The zero-order valence-electron chi connectivity index (χ0n) is 31.8. The molecular weight excluding hydrogens is 797 g/mol. The summed E-state index contributed by atoms with van der Waals surface area (Å²) in [6.45, 7) is 5.19. The molecule has 0 unspecified atom stereocenters. The Bertz CT molecular complexity index is 2540. The van der Waals surface area contributed by atoms with E-state index >= 15 is 0 Å². The molecule has 0 bridgehead atoms. The number of nitrogens with zero attached hydrogens (tertiary/aromatic N) is 4. The Morgan fingerprint density at radius 2 is 1.04 bits per heavy atom. The zero-order chi connectivity index (χ0) is 39.9. The summed E-state index contributed by atoms with van der Waals surface area (Å²) in [4.78, 5) is 1.71. The van der Waals surface area contributed by atoms with E-state index in [-0.39, 0.29) is 8.42 Å². The van der Waals surface area contributed by atoms with Crippen LogP contribution >= 0.6 is 22.7 Å². The first-order chi connectivity index (χ1) is 27.3. The van der Waals surface area contributed by atoms with Crippen LogP contribution in [0.1, 0.15) is 88.0 Å². The number of benzene rings is 2. The van der Waals surface area contributed by atoms with Gasteiger partial charge >= 0.3 is 20.2 Å². The van der Waals surface area contributed by atoms with Crippen LogP contribution in [0.2, 0.25) is 0 Å². The minimum Gasteiger partial charge on any atom is -0.281 e. The molecule has 2 aromatic carbocycles. The number of hydrogen-bond acceptors (Lipinski definition) is 8. The van der Waals surface area contributed by atoms with Crippen LogP contribution in [0, 0.1) is 13.8 Å². The van der Waals surface area contributed by atoms with Gasteiger partial charge in [0.15, 0.2) is 0 Å². The fourth-order valence-corrected chi connectivity index (χ4v) is 11.7. The molecule has 0 spiro atoms. The predicted molar refractivity (Wildman–Crippen MR) is 227 cm³/mol. The van der Waals surface area contributed by atoms with Gasteiger partial charge in [-0.05, 0) is 118 Å². The predicted octanol–water partition coefficient (Wildman–Crippen LogP) is 9.62. The zero-order valence-corrected chi connectivity index (χ0v) is 35.1. The summed E-state index contributed by atoms with van der Waals surface area (Å²) in [7, 11) is -8.65. The Morgan fingerprint density at radius 3 is 1.42 bits per heavy atom. The van der Waals surface area contributed by atoms with Gasteiger partial charge in [-0.1, -0.05) is 71.8 Å². The Morgan fingerprint density at radius 1 is 0.632 bits per heavy atom. The molecule has 2 aliphatic carbocycles. The minimum atomic E-state index is -4.32. The van der Waals surface area contributed by atoms with Gasteiger partial charge in [0.2, 0.25) is 0 Å². The highest BCUT2D eigenvalue weighted by Gasteiger charge is 2.29. The molecule has 2 aliphatic rings. The Hall–Kier alpha value is -4.44. The van der Waals surface area contributed by atoms with Gasteiger partial charge in [-0.25, -0.2) is 0 Å². The molecule has 0 saturated carbocycles. The molecule has 2 N–H and O–H groups in total. The van der Waals surface area contributed by atoms with Crippen LogP contribution in [0.4, 0.5) is 0 Å². The third kappa shape index (κ3) is 8.57. The van der Waals surface area contributed by atoms with E-state index < -0.39 is 20.2 Å². The molecule has 4 heterocycles. The molecule has 0 fully saturated rings. The van der Waals surface area contributed by atoms with Gasteiger partial charge in [-0.3, -0.25) is 18.5 Å². The van der Waals surface area contributed by atoms with Gasteiger partial charge < -0.3 is 0 Å². The van der Waals surface area contributed by atoms with Crippen LogP contribution in [0.3, 0.4) is 0 Å². The number of hydrogen-bond donors (Lipinski definition) is 2. The van der Waals surface area contributed by atoms with Gasteiger partial charge in [0.05, 0.1) is 45.6 Å². The van der Waals surface area contributed by atoms with Crippen molar-refractivity contribution < 1.29 is 25.9 Å². The summed E-state index contributed by atoms with van der Waals surface area (Å²) in [5.74, 6) is 0. The number of thiophene rings is 2. The molecule has 0 radical (unpaired) electrons. The van der Waals surface area contributed by atoms with Crippen molar-refractivity contribution in [1.29, 1.82) is 0 Å². The first kappa shape index (κ1) is 39.4. The number of aryl methyl sites for hydroxylation is 4. The molecular formula is C43H44N4O6S4. The lowest BCUT2D eigenvalue weighted by Gasteiger charge is -2.09. The van der Waals surface area contributed by atoms with E-state index in [1.165, 1.54) is 11.1 Å². The van der Waals surface area contributed by atoms with E-state index in [0.29, 0.717) is 13.1 Å². The molecule has 0 amide bonds. The van der Waals surface area contributed by atoms with E-state index in [4.69, 9.17) is 10.2 Å². The fourth-order valence-electron chi connectivity index (χ4n) is 7.75. The van der Waals surface area contributed by atoms with Gasteiger partial charge in [0.1, 0.15) is 8.42 Å². The summed E-state index contributed by atoms with van der Waals surface area (Å²) in [5, 5.41) is 10.1. The molecule has 57 heavy (non-hydrogen) atoms. The minimum absolute atomic E-state index is 0.0368. The lowest BCUT2D eigenvalue weighted by molar-refractivity contribution is 0.483. The van der Waals surface area contributed by atoms with Crippen LogP contribution in [0.15, 0.2) is 81.2 Å². The van der Waals surface area contributed by atoms with Crippen molar-refractivity contribution in [3.8, 4) is 21.1 Å². The van der Waals surface area contributed by atoms with Gasteiger partial charge in [0.25, 0.3) is 0 Å². The second-order valence-electron chi connectivity index (χ2n) is 14.9. The summed E-state index contributed by atoms with van der Waals surface area (Å²) >= 11 is 2.23. The average Bonchev–Trinajstić information content (AvgIpc) is 3.89. The van der Waals surface area contributed by atoms with Gasteiger partial charge in [-0.15, -0.1) is 22.7 Å². The molecule has 8 rings (SSSR count). The molecule has 296 valence electrons. The number of aromatic nitrogens is 4. The van der Waals surface area contributed by atoms with Crippen LogP contribution in [-0.4, -0.2) is 45.5 Å². The number of unbranched alkanes of at least 4 members (excludes halogenated alkanes) is 2. The van der Waals surface area contributed by atoms with Crippen molar-refractivity contribution in [3.05, 3.63) is 129 Å². The molecule has 6 aromatic rings. The van der Waals surface area contributed by atoms with Crippen molar-refractivity contribution >= 4 is 55.1 Å². The van der Waals surface area contributed by atoms with Crippen molar-refractivity contribution in [1.82, 2.24) is 19.6 Å². The highest BCUT2D eigenvalue weighted by atomic mass is 32.3. The molecule has 10 nitrogen and oxygen atoms in total. The van der Waals surface area contributed by atoms with Crippen LogP contribution in [-0.2, 0) is 59.0 Å². The number of allylic oxidation sites excluding steroid dienone is 2. The highest BCUT2D eigenvalue weighted by molar-refractivity contribution is 7.88. The van der Waals surface area contributed by atoms with Crippen molar-refractivity contribution in [2.75, 3.05) is 0 Å².